The van der Waals surface area contributed by atoms with E-state index in [1.165, 1.54) is 31.0 Å². The third-order valence-corrected chi connectivity index (χ3v) is 7.30. The summed E-state index contributed by atoms with van der Waals surface area (Å²) in [5.41, 5.74) is 1.86. The maximum Gasteiger partial charge on any atom is 0.261 e. The highest BCUT2D eigenvalue weighted by Gasteiger charge is 2.19. The van der Waals surface area contributed by atoms with Gasteiger partial charge in [-0.25, -0.2) is 4.98 Å². The van der Waals surface area contributed by atoms with Crippen LogP contribution in [0.2, 0.25) is 0 Å². The molecule has 0 N–H and O–H groups in total. The Hall–Kier alpha value is -3.07. The van der Waals surface area contributed by atoms with Crippen molar-refractivity contribution >= 4 is 28.4 Å². The lowest BCUT2D eigenvalue weighted by molar-refractivity contribution is 0.297. The number of pyridine rings is 1. The molecule has 8 nitrogen and oxygen atoms in total. The fraction of sp³-hybridized carbons (Fsp3) is 0.417. The highest BCUT2D eigenvalue weighted by Crippen LogP contribution is 2.32. The zero-order valence-electron chi connectivity index (χ0n) is 18.3. The van der Waals surface area contributed by atoms with Crippen LogP contribution in [0.3, 0.4) is 0 Å². The standard InChI is InChI=1S/C24H25N5O3S/c30-22-18-14-25-23-26-24(33-15-16-7-8-20-21(13-16)32-12-4-11-31-20)27-29(23)19(18)9-10-28(22)17-5-2-1-3-6-17/h7-10,13-14,17H,1-6,11-12,15H2. The van der Waals surface area contributed by atoms with Gasteiger partial charge in [-0.2, -0.15) is 9.50 Å². The molecule has 1 fully saturated rings. The van der Waals surface area contributed by atoms with E-state index in [0.717, 1.165) is 41.8 Å². The number of ether oxygens (including phenoxy) is 2. The van der Waals surface area contributed by atoms with Crippen LogP contribution in [0.4, 0.5) is 0 Å². The Morgan fingerprint density at radius 3 is 2.76 bits per heavy atom. The molecule has 4 aromatic rings. The maximum absolute atomic E-state index is 13.2. The van der Waals surface area contributed by atoms with Crippen LogP contribution in [-0.4, -0.2) is 37.4 Å². The van der Waals surface area contributed by atoms with Crippen molar-refractivity contribution in [1.82, 2.24) is 24.1 Å². The number of nitrogens with zero attached hydrogens (tertiary/aromatic N) is 5. The van der Waals surface area contributed by atoms with E-state index >= 15 is 0 Å². The van der Waals surface area contributed by atoms with Crippen molar-refractivity contribution in [1.29, 1.82) is 0 Å². The van der Waals surface area contributed by atoms with Gasteiger partial charge in [-0.3, -0.25) is 4.79 Å². The lowest BCUT2D eigenvalue weighted by Crippen LogP contribution is -2.26. The molecule has 0 spiro atoms. The highest BCUT2D eigenvalue weighted by atomic mass is 32.2. The summed E-state index contributed by atoms with van der Waals surface area (Å²) in [5, 5.41) is 5.85. The zero-order valence-corrected chi connectivity index (χ0v) is 19.1. The largest absolute Gasteiger partial charge is 0.490 e. The molecule has 0 bridgehead atoms. The first-order valence-corrected chi connectivity index (χ1v) is 12.5. The van der Waals surface area contributed by atoms with Crippen LogP contribution in [0.15, 0.2) is 46.6 Å². The third kappa shape index (κ3) is 3.94. The lowest BCUT2D eigenvalue weighted by atomic mass is 9.95. The van der Waals surface area contributed by atoms with Gasteiger partial charge in [0, 0.05) is 30.6 Å². The summed E-state index contributed by atoms with van der Waals surface area (Å²) < 4.78 is 15.1. The molecule has 1 aliphatic heterocycles. The third-order valence-electron chi connectivity index (χ3n) is 6.39. The molecule has 0 unspecified atom stereocenters. The van der Waals surface area contributed by atoms with Crippen LogP contribution < -0.4 is 15.0 Å². The molecule has 33 heavy (non-hydrogen) atoms. The summed E-state index contributed by atoms with van der Waals surface area (Å²) in [6.07, 6.45) is 10.2. The molecule has 6 rings (SSSR count). The van der Waals surface area contributed by atoms with Crippen molar-refractivity contribution in [3.8, 4) is 11.5 Å². The van der Waals surface area contributed by atoms with E-state index in [9.17, 15) is 4.79 Å². The van der Waals surface area contributed by atoms with E-state index in [-0.39, 0.29) is 11.6 Å². The van der Waals surface area contributed by atoms with Crippen molar-refractivity contribution < 1.29 is 9.47 Å². The van der Waals surface area contributed by atoms with Crippen LogP contribution in [-0.2, 0) is 5.75 Å². The second-order valence-electron chi connectivity index (χ2n) is 8.60. The highest BCUT2D eigenvalue weighted by molar-refractivity contribution is 7.98. The minimum Gasteiger partial charge on any atom is -0.490 e. The summed E-state index contributed by atoms with van der Waals surface area (Å²) in [4.78, 5) is 22.2. The summed E-state index contributed by atoms with van der Waals surface area (Å²) in [6, 6.07) is 8.26. The molecular weight excluding hydrogens is 438 g/mol. The van der Waals surface area contributed by atoms with Gasteiger partial charge in [-0.05, 0) is 36.6 Å². The van der Waals surface area contributed by atoms with Gasteiger partial charge < -0.3 is 14.0 Å². The normalized spacial score (nSPS) is 16.8. The fourth-order valence-electron chi connectivity index (χ4n) is 4.67. The number of fused-ring (bicyclic) bond motifs is 4. The first kappa shape index (κ1) is 20.5. The topological polar surface area (TPSA) is 83.5 Å². The molecule has 0 radical (unpaired) electrons. The Bertz CT molecular complexity index is 1380. The molecule has 0 amide bonds. The van der Waals surface area contributed by atoms with E-state index in [4.69, 9.17) is 9.47 Å². The number of thioether (sulfide) groups is 1. The zero-order chi connectivity index (χ0) is 22.2. The average Bonchev–Trinajstić information content (AvgIpc) is 3.13. The van der Waals surface area contributed by atoms with Gasteiger partial charge in [0.2, 0.25) is 5.16 Å². The quantitative estimate of drug-likeness (QED) is 0.415. The SMILES string of the molecule is O=c1c2cnc3nc(SCc4ccc5c(c4)OCCCO5)nn3c2ccn1C1CCCCC1. The number of hydrogen-bond acceptors (Lipinski definition) is 7. The van der Waals surface area contributed by atoms with Crippen LogP contribution in [0, 0.1) is 0 Å². The lowest BCUT2D eigenvalue weighted by Gasteiger charge is -2.24. The van der Waals surface area contributed by atoms with Crippen molar-refractivity contribution in [3.63, 3.8) is 0 Å². The molecule has 170 valence electrons. The summed E-state index contributed by atoms with van der Waals surface area (Å²) in [5.74, 6) is 2.77. The molecule has 2 aliphatic rings. The fourth-order valence-corrected chi connectivity index (χ4v) is 5.43. The Kier molecular flexibility index (Phi) is 5.41. The number of aromatic nitrogens is 5. The molecule has 1 aliphatic carbocycles. The van der Waals surface area contributed by atoms with Gasteiger partial charge in [0.15, 0.2) is 11.5 Å². The van der Waals surface area contributed by atoms with E-state index in [0.29, 0.717) is 35.3 Å². The van der Waals surface area contributed by atoms with Crippen LogP contribution in [0.25, 0.3) is 16.7 Å². The van der Waals surface area contributed by atoms with Crippen molar-refractivity contribution in [3.05, 3.63) is 52.6 Å². The Labute approximate surface area is 194 Å². The van der Waals surface area contributed by atoms with Gasteiger partial charge >= 0.3 is 0 Å². The number of rotatable bonds is 4. The molecule has 0 saturated heterocycles. The average molecular weight is 464 g/mol. The molecular formula is C24H25N5O3S. The molecule has 4 heterocycles. The molecule has 0 atom stereocenters. The van der Waals surface area contributed by atoms with Crippen LogP contribution in [0.5, 0.6) is 11.5 Å². The van der Waals surface area contributed by atoms with Crippen molar-refractivity contribution in [2.75, 3.05) is 13.2 Å². The van der Waals surface area contributed by atoms with Gasteiger partial charge in [-0.1, -0.05) is 37.1 Å². The van der Waals surface area contributed by atoms with E-state index < -0.39 is 0 Å². The number of hydrogen-bond donors (Lipinski definition) is 0. The maximum atomic E-state index is 13.2. The van der Waals surface area contributed by atoms with Gasteiger partial charge in [0.1, 0.15) is 0 Å². The van der Waals surface area contributed by atoms with E-state index in [1.54, 1.807) is 10.7 Å². The van der Waals surface area contributed by atoms with E-state index in [1.807, 2.05) is 35.0 Å². The first-order valence-electron chi connectivity index (χ1n) is 11.5. The van der Waals surface area contributed by atoms with Gasteiger partial charge in [-0.15, -0.1) is 5.10 Å². The smallest absolute Gasteiger partial charge is 0.261 e. The first-order chi connectivity index (χ1) is 16.3. The minimum atomic E-state index is 0.00528. The van der Waals surface area contributed by atoms with Crippen LogP contribution in [0.1, 0.15) is 50.1 Å². The minimum absolute atomic E-state index is 0.00528. The number of benzene rings is 1. The van der Waals surface area contributed by atoms with Crippen molar-refractivity contribution in [2.45, 2.75) is 55.5 Å². The molecule has 3 aromatic heterocycles. The monoisotopic (exact) mass is 463 g/mol. The van der Waals surface area contributed by atoms with E-state index in [2.05, 4.69) is 15.1 Å². The second-order valence-corrected chi connectivity index (χ2v) is 9.55. The Balaban J connectivity index is 1.27. The van der Waals surface area contributed by atoms with Gasteiger partial charge in [0.25, 0.3) is 11.3 Å². The second kappa shape index (κ2) is 8.70. The van der Waals surface area contributed by atoms with Crippen molar-refractivity contribution in [2.24, 2.45) is 0 Å². The van der Waals surface area contributed by atoms with Crippen LogP contribution >= 0.6 is 11.8 Å². The Morgan fingerprint density at radius 1 is 1.03 bits per heavy atom. The summed E-state index contributed by atoms with van der Waals surface area (Å²) in [7, 11) is 0. The molecule has 1 aromatic carbocycles. The molecule has 1 saturated carbocycles. The predicted molar refractivity (Wildman–Crippen MR) is 126 cm³/mol. The summed E-state index contributed by atoms with van der Waals surface area (Å²) in [6.45, 7) is 1.34. The summed E-state index contributed by atoms with van der Waals surface area (Å²) >= 11 is 1.53. The predicted octanol–water partition coefficient (Wildman–Crippen LogP) is 4.40. The Morgan fingerprint density at radius 2 is 1.88 bits per heavy atom. The molecule has 9 heteroatoms. The van der Waals surface area contributed by atoms with Gasteiger partial charge in [0.05, 0.1) is 24.1 Å².